The molecule has 0 aliphatic carbocycles. The van der Waals surface area contributed by atoms with Crippen LogP contribution in [0.25, 0.3) is 0 Å². The Labute approximate surface area is 251 Å². The molecule has 0 aliphatic rings. The molecule has 2 amide bonds. The van der Waals surface area contributed by atoms with Crippen LogP contribution in [0.15, 0.2) is 71.6 Å². The summed E-state index contributed by atoms with van der Waals surface area (Å²) < 4.78 is 28.8. The van der Waals surface area contributed by atoms with E-state index in [2.05, 4.69) is 5.32 Å². The molecule has 0 radical (unpaired) electrons. The van der Waals surface area contributed by atoms with Crippen LogP contribution in [0.5, 0.6) is 0 Å². The predicted molar refractivity (Wildman–Crippen MR) is 162 cm³/mol. The lowest BCUT2D eigenvalue weighted by atomic mass is 10.1. The summed E-state index contributed by atoms with van der Waals surface area (Å²) in [5.41, 5.74) is 1.74. The van der Waals surface area contributed by atoms with Crippen LogP contribution >= 0.6 is 34.8 Å². The Balaban J connectivity index is 2.08. The maximum absolute atomic E-state index is 14.0. The monoisotopic (exact) mass is 623 g/mol. The van der Waals surface area contributed by atoms with Gasteiger partial charge in [0.05, 0.1) is 20.6 Å². The lowest BCUT2D eigenvalue weighted by molar-refractivity contribution is -0.140. The van der Waals surface area contributed by atoms with Crippen molar-refractivity contribution < 1.29 is 18.0 Å². The van der Waals surface area contributed by atoms with Gasteiger partial charge in [0.25, 0.3) is 10.0 Å². The summed E-state index contributed by atoms with van der Waals surface area (Å²) >= 11 is 18.5. The van der Waals surface area contributed by atoms with Gasteiger partial charge in [-0.05, 0) is 75.2 Å². The number of carbonyl (C=O) groups is 2. The highest BCUT2D eigenvalue weighted by atomic mass is 35.5. The van der Waals surface area contributed by atoms with E-state index >= 15 is 0 Å². The minimum absolute atomic E-state index is 0.00765. The molecule has 40 heavy (non-hydrogen) atoms. The molecule has 0 saturated heterocycles. The third-order valence-electron chi connectivity index (χ3n) is 6.14. The van der Waals surface area contributed by atoms with E-state index in [1.54, 1.807) is 55.5 Å². The molecule has 3 aromatic carbocycles. The summed E-state index contributed by atoms with van der Waals surface area (Å²) in [6, 6.07) is 16.5. The number of amides is 2. The lowest BCUT2D eigenvalue weighted by Gasteiger charge is -2.33. The number of sulfonamides is 1. The first kappa shape index (κ1) is 31.7. The molecule has 0 aromatic heterocycles. The molecule has 11 heteroatoms. The fourth-order valence-corrected chi connectivity index (χ4v) is 6.04. The van der Waals surface area contributed by atoms with E-state index < -0.39 is 28.5 Å². The minimum Gasteiger partial charge on any atom is -0.352 e. The van der Waals surface area contributed by atoms with Crippen molar-refractivity contribution in [1.82, 2.24) is 10.2 Å². The number of aryl methyl sites for hydroxylation is 1. The van der Waals surface area contributed by atoms with Crippen molar-refractivity contribution in [3.8, 4) is 0 Å². The second kappa shape index (κ2) is 13.7. The van der Waals surface area contributed by atoms with Crippen molar-refractivity contribution in [2.45, 2.75) is 57.6 Å². The van der Waals surface area contributed by atoms with Crippen molar-refractivity contribution in [3.05, 3.63) is 92.9 Å². The first-order valence-corrected chi connectivity index (χ1v) is 15.3. The van der Waals surface area contributed by atoms with E-state index in [1.165, 1.54) is 23.1 Å². The first-order chi connectivity index (χ1) is 18.8. The van der Waals surface area contributed by atoms with Crippen LogP contribution in [0.3, 0.4) is 0 Å². The van der Waals surface area contributed by atoms with Crippen LogP contribution in [0, 0.1) is 6.92 Å². The maximum atomic E-state index is 14.0. The molecule has 0 fully saturated rings. The van der Waals surface area contributed by atoms with Crippen molar-refractivity contribution in [2.24, 2.45) is 0 Å². The molecule has 3 aromatic rings. The molecule has 3 rings (SSSR count). The number of hydrogen-bond donors (Lipinski definition) is 1. The first-order valence-electron chi connectivity index (χ1n) is 12.7. The summed E-state index contributed by atoms with van der Waals surface area (Å²) in [5.74, 6) is -0.922. The average molecular weight is 625 g/mol. The van der Waals surface area contributed by atoms with Gasteiger partial charge in [-0.2, -0.15) is 0 Å². The topological polar surface area (TPSA) is 86.8 Å². The van der Waals surface area contributed by atoms with Gasteiger partial charge in [-0.25, -0.2) is 8.42 Å². The number of hydrogen-bond acceptors (Lipinski definition) is 4. The van der Waals surface area contributed by atoms with Gasteiger partial charge in [-0.1, -0.05) is 71.6 Å². The number of nitrogens with zero attached hydrogens (tertiary/aromatic N) is 2. The average Bonchev–Trinajstić information content (AvgIpc) is 2.88. The van der Waals surface area contributed by atoms with E-state index in [9.17, 15) is 18.0 Å². The molecule has 0 unspecified atom stereocenters. The summed E-state index contributed by atoms with van der Waals surface area (Å²) in [7, 11) is -4.19. The number of nitrogens with one attached hydrogen (secondary N) is 1. The van der Waals surface area contributed by atoms with Crippen molar-refractivity contribution >= 4 is 62.3 Å². The molecule has 1 N–H and O–H groups in total. The highest BCUT2D eigenvalue weighted by Crippen LogP contribution is 2.28. The normalized spacial score (nSPS) is 12.2. The maximum Gasteiger partial charge on any atom is 0.264 e. The number of anilines is 1. The highest BCUT2D eigenvalue weighted by molar-refractivity contribution is 7.92. The van der Waals surface area contributed by atoms with E-state index in [0.29, 0.717) is 27.1 Å². The molecular weight excluding hydrogens is 593 g/mol. The minimum atomic E-state index is -4.19. The van der Waals surface area contributed by atoms with Crippen molar-refractivity contribution in [2.75, 3.05) is 10.8 Å². The lowest BCUT2D eigenvalue weighted by Crippen LogP contribution is -2.53. The largest absolute Gasteiger partial charge is 0.352 e. The number of benzene rings is 3. The standard InChI is InChI=1S/C29H32Cl3N3O4S/c1-5-27(29(37)33-19(2)3)34(17-21-11-14-25(31)26(32)15-21)28(36)18-35(23-8-6-7-22(30)16-23)40(38,39)24-12-9-20(4)10-13-24/h6-16,19,27H,5,17-18H2,1-4H3,(H,33,37)/t27-/m1/s1. The Morgan fingerprint density at radius 1 is 0.925 bits per heavy atom. The van der Waals surface area contributed by atoms with Crippen LogP contribution in [0.4, 0.5) is 5.69 Å². The van der Waals surface area contributed by atoms with E-state index in [-0.39, 0.29) is 29.1 Å². The molecule has 0 spiro atoms. The van der Waals surface area contributed by atoms with Gasteiger partial charge >= 0.3 is 0 Å². The third-order valence-corrected chi connectivity index (χ3v) is 8.90. The van der Waals surface area contributed by atoms with Gasteiger partial charge in [0.15, 0.2) is 0 Å². The smallest absolute Gasteiger partial charge is 0.264 e. The SMILES string of the molecule is CC[C@H](C(=O)NC(C)C)N(Cc1ccc(Cl)c(Cl)c1)C(=O)CN(c1cccc(Cl)c1)S(=O)(=O)c1ccc(C)cc1. The van der Waals surface area contributed by atoms with Crippen LogP contribution in [0.1, 0.15) is 38.3 Å². The van der Waals surface area contributed by atoms with Crippen LogP contribution in [0.2, 0.25) is 15.1 Å². The summed E-state index contributed by atoms with van der Waals surface area (Å²) in [4.78, 5) is 28.6. The molecule has 0 heterocycles. The number of carbonyl (C=O) groups excluding carboxylic acids is 2. The van der Waals surface area contributed by atoms with Crippen LogP contribution in [-0.2, 0) is 26.2 Å². The number of rotatable bonds is 11. The van der Waals surface area contributed by atoms with E-state index in [1.807, 2.05) is 20.8 Å². The van der Waals surface area contributed by atoms with Crippen LogP contribution in [-0.4, -0.2) is 43.8 Å². The summed E-state index contributed by atoms with van der Waals surface area (Å²) in [6.07, 6.45) is 0.299. The molecule has 0 aliphatic heterocycles. The Kier molecular flexibility index (Phi) is 10.9. The molecule has 0 saturated carbocycles. The zero-order chi connectivity index (χ0) is 29.6. The zero-order valence-electron chi connectivity index (χ0n) is 22.7. The van der Waals surface area contributed by atoms with Gasteiger partial charge in [-0.15, -0.1) is 0 Å². The molecule has 214 valence electrons. The van der Waals surface area contributed by atoms with E-state index in [0.717, 1.165) is 9.87 Å². The van der Waals surface area contributed by atoms with Gasteiger partial charge < -0.3 is 10.2 Å². The number of halogens is 3. The zero-order valence-corrected chi connectivity index (χ0v) is 25.8. The quantitative estimate of drug-likeness (QED) is 0.265. The van der Waals surface area contributed by atoms with Gasteiger partial charge in [0.2, 0.25) is 11.8 Å². The molecule has 1 atom stereocenters. The van der Waals surface area contributed by atoms with E-state index in [4.69, 9.17) is 34.8 Å². The second-order valence-electron chi connectivity index (χ2n) is 9.66. The second-order valence-corrected chi connectivity index (χ2v) is 12.8. The molecule has 7 nitrogen and oxygen atoms in total. The Bertz CT molecular complexity index is 1460. The summed E-state index contributed by atoms with van der Waals surface area (Å²) in [5, 5.41) is 3.82. The predicted octanol–water partition coefficient (Wildman–Crippen LogP) is 6.48. The van der Waals surface area contributed by atoms with Gasteiger partial charge in [0, 0.05) is 17.6 Å². The molecular formula is C29H32Cl3N3O4S. The molecule has 0 bridgehead atoms. The Morgan fingerprint density at radius 3 is 2.17 bits per heavy atom. The Morgan fingerprint density at radius 2 is 1.60 bits per heavy atom. The fourth-order valence-electron chi connectivity index (χ4n) is 4.13. The van der Waals surface area contributed by atoms with Gasteiger partial charge in [-0.3, -0.25) is 13.9 Å². The fraction of sp³-hybridized carbons (Fsp3) is 0.310. The van der Waals surface area contributed by atoms with Gasteiger partial charge in [0.1, 0.15) is 12.6 Å². The third kappa shape index (κ3) is 7.91. The van der Waals surface area contributed by atoms with Crippen molar-refractivity contribution in [3.63, 3.8) is 0 Å². The highest BCUT2D eigenvalue weighted by Gasteiger charge is 2.34. The summed E-state index contributed by atoms with van der Waals surface area (Å²) in [6.45, 7) is 6.73. The van der Waals surface area contributed by atoms with Crippen LogP contribution < -0.4 is 9.62 Å². The Hall–Kier alpha value is -2.78. The van der Waals surface area contributed by atoms with Crippen molar-refractivity contribution in [1.29, 1.82) is 0 Å².